The summed E-state index contributed by atoms with van der Waals surface area (Å²) in [5.41, 5.74) is 4.94. The molecule has 0 saturated heterocycles. The van der Waals surface area contributed by atoms with Crippen LogP contribution in [-0.4, -0.2) is 17.6 Å². The molecule has 118 valence electrons. The van der Waals surface area contributed by atoms with Gasteiger partial charge in [0.1, 0.15) is 5.84 Å². The standard InChI is InChI=1S/C14H20F3N3O/c1-9-4-5-10(8-11(9)14(15,16)17)19-7-6-13(2,3)12(18)20-21/h4-5,8,19,21H,6-7H2,1-3H3,(H2,18,20). The van der Waals surface area contributed by atoms with Crippen molar-refractivity contribution in [1.29, 1.82) is 0 Å². The number of hydrogen-bond donors (Lipinski definition) is 3. The molecule has 0 fully saturated rings. The lowest BCUT2D eigenvalue weighted by atomic mass is 9.88. The third-order valence-corrected chi connectivity index (χ3v) is 3.42. The molecule has 0 heterocycles. The molecule has 0 aliphatic carbocycles. The third kappa shape index (κ3) is 4.54. The summed E-state index contributed by atoms with van der Waals surface area (Å²) >= 11 is 0. The van der Waals surface area contributed by atoms with Crippen LogP contribution in [0.3, 0.4) is 0 Å². The fraction of sp³-hybridized carbons (Fsp3) is 0.500. The van der Waals surface area contributed by atoms with Crippen LogP contribution in [0.15, 0.2) is 23.4 Å². The molecule has 1 aromatic carbocycles. The normalized spacial score (nSPS) is 13.3. The maximum absolute atomic E-state index is 12.8. The third-order valence-electron chi connectivity index (χ3n) is 3.42. The summed E-state index contributed by atoms with van der Waals surface area (Å²) in [4.78, 5) is 0. The van der Waals surface area contributed by atoms with Crippen molar-refractivity contribution >= 4 is 11.5 Å². The highest BCUT2D eigenvalue weighted by molar-refractivity contribution is 5.85. The number of nitrogens with zero attached hydrogens (tertiary/aromatic N) is 1. The van der Waals surface area contributed by atoms with Gasteiger partial charge >= 0.3 is 6.18 Å². The number of rotatable bonds is 5. The molecule has 0 aliphatic rings. The summed E-state index contributed by atoms with van der Waals surface area (Å²) in [6, 6.07) is 4.12. The van der Waals surface area contributed by atoms with E-state index in [1.165, 1.54) is 13.0 Å². The first-order valence-electron chi connectivity index (χ1n) is 6.47. The molecule has 21 heavy (non-hydrogen) atoms. The first kappa shape index (κ1) is 17.1. The van der Waals surface area contributed by atoms with Gasteiger partial charge in [0.05, 0.1) is 5.56 Å². The highest BCUT2D eigenvalue weighted by Gasteiger charge is 2.32. The van der Waals surface area contributed by atoms with Crippen LogP contribution in [-0.2, 0) is 6.18 Å². The molecule has 4 N–H and O–H groups in total. The molecular formula is C14H20F3N3O. The van der Waals surface area contributed by atoms with E-state index in [0.717, 1.165) is 6.07 Å². The zero-order chi connectivity index (χ0) is 16.3. The molecule has 0 unspecified atom stereocenters. The molecule has 0 saturated carbocycles. The smallest absolute Gasteiger partial charge is 0.409 e. The van der Waals surface area contributed by atoms with Gasteiger partial charge < -0.3 is 16.3 Å². The predicted octanol–water partition coefficient (Wildman–Crippen LogP) is 3.59. The minimum absolute atomic E-state index is 0.0872. The van der Waals surface area contributed by atoms with Crippen LogP contribution in [0.1, 0.15) is 31.4 Å². The van der Waals surface area contributed by atoms with E-state index >= 15 is 0 Å². The average molecular weight is 303 g/mol. The van der Waals surface area contributed by atoms with E-state index < -0.39 is 17.2 Å². The van der Waals surface area contributed by atoms with Gasteiger partial charge in [-0.3, -0.25) is 0 Å². The van der Waals surface area contributed by atoms with Gasteiger partial charge in [-0.15, -0.1) is 0 Å². The Morgan fingerprint density at radius 2 is 1.95 bits per heavy atom. The molecule has 1 aromatic rings. The minimum atomic E-state index is -4.37. The molecule has 0 bridgehead atoms. The Balaban J connectivity index is 2.74. The Labute approximate surface area is 121 Å². The summed E-state index contributed by atoms with van der Waals surface area (Å²) < 4.78 is 38.4. The first-order chi connectivity index (χ1) is 9.58. The fourth-order valence-electron chi connectivity index (χ4n) is 1.82. The number of alkyl halides is 3. The van der Waals surface area contributed by atoms with Gasteiger partial charge in [0.2, 0.25) is 0 Å². The van der Waals surface area contributed by atoms with Crippen molar-refractivity contribution < 1.29 is 18.4 Å². The SMILES string of the molecule is Cc1ccc(NCCC(C)(C)C(N)=NO)cc1C(F)(F)F. The van der Waals surface area contributed by atoms with Gasteiger partial charge in [-0.1, -0.05) is 25.1 Å². The number of nitrogens with one attached hydrogen (secondary N) is 1. The zero-order valence-electron chi connectivity index (χ0n) is 12.3. The largest absolute Gasteiger partial charge is 0.416 e. The van der Waals surface area contributed by atoms with Gasteiger partial charge in [0.15, 0.2) is 0 Å². The van der Waals surface area contributed by atoms with Gasteiger partial charge in [0, 0.05) is 17.6 Å². The molecule has 0 spiro atoms. The molecule has 1 rings (SSSR count). The van der Waals surface area contributed by atoms with Crippen molar-refractivity contribution in [1.82, 2.24) is 0 Å². The van der Waals surface area contributed by atoms with Crippen LogP contribution >= 0.6 is 0 Å². The summed E-state index contributed by atoms with van der Waals surface area (Å²) in [7, 11) is 0. The van der Waals surface area contributed by atoms with Crippen LogP contribution < -0.4 is 11.1 Å². The van der Waals surface area contributed by atoms with E-state index in [0.29, 0.717) is 18.7 Å². The van der Waals surface area contributed by atoms with Crippen molar-refractivity contribution in [2.75, 3.05) is 11.9 Å². The fourth-order valence-corrected chi connectivity index (χ4v) is 1.82. The lowest BCUT2D eigenvalue weighted by Crippen LogP contribution is -2.33. The number of aryl methyl sites for hydroxylation is 1. The quantitative estimate of drug-likeness (QED) is 0.337. The monoisotopic (exact) mass is 303 g/mol. The Hall–Kier alpha value is -1.92. The van der Waals surface area contributed by atoms with Crippen molar-refractivity contribution in [2.45, 2.75) is 33.4 Å². The van der Waals surface area contributed by atoms with Crippen LogP contribution in [0.5, 0.6) is 0 Å². The van der Waals surface area contributed by atoms with E-state index in [1.54, 1.807) is 19.9 Å². The number of nitrogens with two attached hydrogens (primary N) is 1. The number of benzene rings is 1. The Kier molecular flexibility index (Phi) is 5.09. The van der Waals surface area contributed by atoms with Gasteiger partial charge in [-0.05, 0) is 31.0 Å². The number of oxime groups is 1. The van der Waals surface area contributed by atoms with Crippen molar-refractivity contribution in [3.8, 4) is 0 Å². The second kappa shape index (κ2) is 6.24. The maximum Gasteiger partial charge on any atom is 0.416 e. The molecule has 7 heteroatoms. The van der Waals surface area contributed by atoms with Crippen LogP contribution in [0.25, 0.3) is 0 Å². The molecule has 4 nitrogen and oxygen atoms in total. The molecule has 0 amide bonds. The zero-order valence-corrected chi connectivity index (χ0v) is 12.3. The summed E-state index contributed by atoms with van der Waals surface area (Å²) in [5, 5.41) is 14.5. The Morgan fingerprint density at radius 1 is 1.33 bits per heavy atom. The lowest BCUT2D eigenvalue weighted by molar-refractivity contribution is -0.138. The molecule has 0 aromatic heterocycles. The van der Waals surface area contributed by atoms with Crippen LogP contribution in [0, 0.1) is 12.3 Å². The maximum atomic E-state index is 12.8. The first-order valence-corrected chi connectivity index (χ1v) is 6.47. The topological polar surface area (TPSA) is 70.6 Å². The van der Waals surface area contributed by atoms with E-state index in [1.807, 2.05) is 0 Å². The highest BCUT2D eigenvalue weighted by Crippen LogP contribution is 2.33. The number of halogens is 3. The summed E-state index contributed by atoms with van der Waals surface area (Å²) in [5.74, 6) is 0.0872. The number of hydrogen-bond acceptors (Lipinski definition) is 3. The van der Waals surface area contributed by atoms with Crippen molar-refractivity contribution in [3.63, 3.8) is 0 Å². The van der Waals surface area contributed by atoms with E-state index in [2.05, 4.69) is 10.5 Å². The predicted molar refractivity (Wildman–Crippen MR) is 76.5 cm³/mol. The van der Waals surface area contributed by atoms with Crippen LogP contribution in [0.4, 0.5) is 18.9 Å². The van der Waals surface area contributed by atoms with E-state index in [9.17, 15) is 13.2 Å². The second-order valence-corrected chi connectivity index (χ2v) is 5.57. The summed E-state index contributed by atoms with van der Waals surface area (Å²) in [6.07, 6.45) is -3.85. The Morgan fingerprint density at radius 3 is 2.48 bits per heavy atom. The number of amidine groups is 1. The van der Waals surface area contributed by atoms with Gasteiger partial charge in [0.25, 0.3) is 0 Å². The minimum Gasteiger partial charge on any atom is -0.409 e. The molecular weight excluding hydrogens is 283 g/mol. The molecule has 0 aliphatic heterocycles. The lowest BCUT2D eigenvalue weighted by Gasteiger charge is -2.23. The summed E-state index contributed by atoms with van der Waals surface area (Å²) in [6.45, 7) is 5.41. The van der Waals surface area contributed by atoms with E-state index in [-0.39, 0.29) is 11.4 Å². The Bertz CT molecular complexity index is 525. The van der Waals surface area contributed by atoms with E-state index in [4.69, 9.17) is 10.9 Å². The highest BCUT2D eigenvalue weighted by atomic mass is 19.4. The van der Waals surface area contributed by atoms with Gasteiger partial charge in [-0.2, -0.15) is 13.2 Å². The molecule has 0 atom stereocenters. The van der Waals surface area contributed by atoms with Crippen LogP contribution in [0.2, 0.25) is 0 Å². The molecule has 0 radical (unpaired) electrons. The van der Waals surface area contributed by atoms with Crippen molar-refractivity contribution in [2.24, 2.45) is 16.3 Å². The number of anilines is 1. The van der Waals surface area contributed by atoms with Gasteiger partial charge in [-0.25, -0.2) is 0 Å². The average Bonchev–Trinajstić information content (AvgIpc) is 2.38. The van der Waals surface area contributed by atoms with Crippen molar-refractivity contribution in [3.05, 3.63) is 29.3 Å². The second-order valence-electron chi connectivity index (χ2n) is 5.57.